The fourth-order valence-corrected chi connectivity index (χ4v) is 3.16. The van der Waals surface area contributed by atoms with Crippen LogP contribution in [0.3, 0.4) is 0 Å². The summed E-state index contributed by atoms with van der Waals surface area (Å²) in [6.45, 7) is 3.48. The van der Waals surface area contributed by atoms with E-state index in [9.17, 15) is 18.3 Å². The molecule has 0 amide bonds. The third-order valence-electron chi connectivity index (χ3n) is 5.16. The average Bonchev–Trinajstić information content (AvgIpc) is 3.17. The molecule has 1 unspecified atom stereocenters. The smallest absolute Gasteiger partial charge is 0.423 e. The summed E-state index contributed by atoms with van der Waals surface area (Å²) in [6.07, 6.45) is -0.299. The largest absolute Gasteiger partial charge is 0.496 e. The van der Waals surface area contributed by atoms with E-state index >= 15 is 0 Å². The highest BCUT2D eigenvalue weighted by molar-refractivity contribution is 5.65. The first-order valence-corrected chi connectivity index (χ1v) is 9.46. The Hall–Kier alpha value is -1.80. The van der Waals surface area contributed by atoms with Crippen LogP contribution in [0, 0.1) is 6.92 Å². The van der Waals surface area contributed by atoms with E-state index in [1.54, 1.807) is 13.3 Å². The van der Waals surface area contributed by atoms with Crippen LogP contribution >= 0.6 is 0 Å². The molecule has 1 aliphatic carbocycles. The van der Waals surface area contributed by atoms with Crippen LogP contribution in [0.25, 0.3) is 0 Å². The summed E-state index contributed by atoms with van der Waals surface area (Å²) in [6, 6.07) is 2.69. The minimum Gasteiger partial charge on any atom is -0.496 e. The molecule has 0 saturated heterocycles. The molecule has 8 heteroatoms. The second-order valence-corrected chi connectivity index (χ2v) is 7.23. The molecule has 1 aromatic carbocycles. The topological polar surface area (TPSA) is 54.3 Å². The Morgan fingerprint density at radius 3 is 2.46 bits per heavy atom. The van der Waals surface area contributed by atoms with Gasteiger partial charge in [-0.25, -0.2) is 4.99 Å². The van der Waals surface area contributed by atoms with Gasteiger partial charge in [-0.2, -0.15) is 13.2 Å². The summed E-state index contributed by atoms with van der Waals surface area (Å²) in [7, 11) is 3.11. The van der Waals surface area contributed by atoms with Crippen LogP contribution in [0.15, 0.2) is 17.1 Å². The number of hydrogen-bond acceptors (Lipinski definition) is 4. The first kappa shape index (κ1) is 22.5. The van der Waals surface area contributed by atoms with E-state index in [0.29, 0.717) is 24.1 Å². The van der Waals surface area contributed by atoms with Crippen molar-refractivity contribution in [1.29, 1.82) is 0 Å². The van der Waals surface area contributed by atoms with Gasteiger partial charge < -0.3 is 19.5 Å². The van der Waals surface area contributed by atoms with Crippen molar-refractivity contribution in [3.63, 3.8) is 0 Å². The lowest BCUT2D eigenvalue weighted by atomic mass is 9.91. The number of halogens is 3. The van der Waals surface area contributed by atoms with Gasteiger partial charge in [-0.15, -0.1) is 0 Å². The molecule has 0 heterocycles. The number of benzene rings is 1. The van der Waals surface area contributed by atoms with Crippen LogP contribution < -0.4 is 4.74 Å². The third kappa shape index (κ3) is 4.97. The average molecular weight is 402 g/mol. The van der Waals surface area contributed by atoms with Gasteiger partial charge in [-0.3, -0.25) is 0 Å². The van der Waals surface area contributed by atoms with Gasteiger partial charge in [0.1, 0.15) is 5.75 Å². The van der Waals surface area contributed by atoms with E-state index in [1.165, 1.54) is 19.2 Å². The van der Waals surface area contributed by atoms with E-state index in [2.05, 4.69) is 4.99 Å². The maximum absolute atomic E-state index is 13.9. The summed E-state index contributed by atoms with van der Waals surface area (Å²) in [5.74, 6) is -0.0771. The molecule has 1 aliphatic rings. The van der Waals surface area contributed by atoms with Crippen molar-refractivity contribution in [2.24, 2.45) is 4.99 Å². The van der Waals surface area contributed by atoms with E-state index < -0.39 is 18.4 Å². The molecule has 1 saturated carbocycles. The predicted molar refractivity (Wildman–Crippen MR) is 102 cm³/mol. The first-order chi connectivity index (χ1) is 13.1. The Morgan fingerprint density at radius 1 is 1.29 bits per heavy atom. The summed E-state index contributed by atoms with van der Waals surface area (Å²) < 4.78 is 52.3. The highest BCUT2D eigenvalue weighted by Gasteiger charge is 2.57. The van der Waals surface area contributed by atoms with E-state index in [-0.39, 0.29) is 17.4 Å². The maximum Gasteiger partial charge on any atom is 0.423 e. The second kappa shape index (κ2) is 9.13. The van der Waals surface area contributed by atoms with Gasteiger partial charge in [-0.05, 0) is 38.3 Å². The van der Waals surface area contributed by atoms with Crippen LogP contribution in [0.4, 0.5) is 18.9 Å². The lowest BCUT2D eigenvalue weighted by molar-refractivity contribution is -0.285. The van der Waals surface area contributed by atoms with Gasteiger partial charge in [0.2, 0.25) is 5.60 Å². The van der Waals surface area contributed by atoms with Gasteiger partial charge in [0.25, 0.3) is 0 Å². The molecule has 1 aromatic rings. The summed E-state index contributed by atoms with van der Waals surface area (Å²) >= 11 is 0. The monoisotopic (exact) mass is 402 g/mol. The molecule has 1 fully saturated rings. The lowest BCUT2D eigenvalue weighted by Crippen LogP contribution is -2.47. The van der Waals surface area contributed by atoms with Crippen LogP contribution in [-0.4, -0.2) is 55.9 Å². The van der Waals surface area contributed by atoms with Crippen molar-refractivity contribution >= 4 is 12.0 Å². The quantitative estimate of drug-likeness (QED) is 0.520. The highest BCUT2D eigenvalue weighted by atomic mass is 19.4. The highest BCUT2D eigenvalue weighted by Crippen LogP contribution is 2.45. The molecule has 5 nitrogen and oxygen atoms in total. The third-order valence-corrected chi connectivity index (χ3v) is 5.16. The second-order valence-electron chi connectivity index (χ2n) is 7.23. The van der Waals surface area contributed by atoms with Gasteiger partial charge >= 0.3 is 6.18 Å². The summed E-state index contributed by atoms with van der Waals surface area (Å²) in [4.78, 5) is 6.14. The zero-order chi connectivity index (χ0) is 20.9. The lowest BCUT2D eigenvalue weighted by Gasteiger charge is -2.33. The SMILES string of the molecule is CCN(C)/C=N/c1cc(OC)c(C(O)(COC2CCCC2)C(F)(F)F)cc1C. The van der Waals surface area contributed by atoms with E-state index in [0.717, 1.165) is 19.4 Å². The van der Waals surface area contributed by atoms with Crippen LogP contribution in [0.2, 0.25) is 0 Å². The molecule has 0 aliphatic heterocycles. The number of hydrogen-bond donors (Lipinski definition) is 1. The number of aliphatic hydroxyl groups is 1. The van der Waals surface area contributed by atoms with Crippen molar-refractivity contribution in [3.8, 4) is 5.75 Å². The molecule has 0 aromatic heterocycles. The molecule has 1 atom stereocenters. The number of alkyl halides is 3. The molecule has 1 N–H and O–H groups in total. The van der Waals surface area contributed by atoms with Crippen molar-refractivity contribution in [1.82, 2.24) is 4.90 Å². The van der Waals surface area contributed by atoms with Gasteiger partial charge in [0.05, 0.1) is 31.8 Å². The molecular formula is C20H29F3N2O3. The van der Waals surface area contributed by atoms with E-state index in [4.69, 9.17) is 9.47 Å². The molecule has 28 heavy (non-hydrogen) atoms. The van der Waals surface area contributed by atoms with Gasteiger partial charge in [0, 0.05) is 25.2 Å². The number of ether oxygens (including phenoxy) is 2. The number of aryl methyl sites for hydroxylation is 1. The Bertz CT molecular complexity index is 688. The van der Waals surface area contributed by atoms with Crippen LogP contribution in [0.1, 0.15) is 43.7 Å². The van der Waals surface area contributed by atoms with Crippen molar-refractivity contribution in [2.75, 3.05) is 27.3 Å². The Morgan fingerprint density at radius 2 is 1.93 bits per heavy atom. The standard InChI is InChI=1S/C20H29F3N2O3/c1-5-25(3)13-24-17-11-18(27-4)16(10-14(17)2)19(26,20(21,22)23)12-28-15-8-6-7-9-15/h10-11,13,15,26H,5-9,12H2,1-4H3/b24-13+. The zero-order valence-electron chi connectivity index (χ0n) is 16.8. The molecule has 0 bridgehead atoms. The summed E-state index contributed by atoms with van der Waals surface area (Å²) in [5.41, 5.74) is -2.54. The zero-order valence-corrected chi connectivity index (χ0v) is 16.8. The predicted octanol–water partition coefficient (Wildman–Crippen LogP) is 4.32. The van der Waals surface area contributed by atoms with Crippen molar-refractivity contribution in [2.45, 2.75) is 57.4 Å². The molecule has 158 valence electrons. The normalized spacial score (nSPS) is 17.9. The van der Waals surface area contributed by atoms with E-state index in [1.807, 2.05) is 18.9 Å². The Kier molecular flexibility index (Phi) is 7.33. The Balaban J connectivity index is 2.41. The molecule has 0 spiro atoms. The number of aliphatic imine (C=N–C) groups is 1. The molecule has 0 radical (unpaired) electrons. The van der Waals surface area contributed by atoms with Crippen molar-refractivity contribution < 1.29 is 27.8 Å². The van der Waals surface area contributed by atoms with Crippen molar-refractivity contribution in [3.05, 3.63) is 23.3 Å². The Labute approximate surface area is 164 Å². The number of nitrogens with zero attached hydrogens (tertiary/aromatic N) is 2. The first-order valence-electron chi connectivity index (χ1n) is 9.46. The summed E-state index contributed by atoms with van der Waals surface area (Å²) in [5, 5.41) is 10.7. The van der Waals surface area contributed by atoms with Crippen LogP contribution in [-0.2, 0) is 10.3 Å². The fraction of sp³-hybridized carbons (Fsp3) is 0.650. The number of methoxy groups -OCH3 is 1. The minimum absolute atomic E-state index is 0.0771. The molecule has 2 rings (SSSR count). The molecular weight excluding hydrogens is 373 g/mol. The van der Waals surface area contributed by atoms with Gasteiger partial charge in [-0.1, -0.05) is 12.8 Å². The van der Waals surface area contributed by atoms with Gasteiger partial charge in [0.15, 0.2) is 0 Å². The maximum atomic E-state index is 13.9. The fourth-order valence-electron chi connectivity index (χ4n) is 3.16. The van der Waals surface area contributed by atoms with Crippen LogP contribution in [0.5, 0.6) is 5.75 Å². The number of rotatable bonds is 8. The minimum atomic E-state index is -4.92.